The maximum Gasteiger partial charge on any atom is 0.416 e. The summed E-state index contributed by atoms with van der Waals surface area (Å²) in [5, 5.41) is 27.2. The summed E-state index contributed by atoms with van der Waals surface area (Å²) >= 11 is 5.47. The molecule has 0 aliphatic carbocycles. The summed E-state index contributed by atoms with van der Waals surface area (Å²) < 4.78 is 38.2. The molecular weight excluding hydrogens is 271 g/mol. The monoisotopic (exact) mass is 279 g/mol. The molecule has 0 saturated heterocycles. The van der Waals surface area contributed by atoms with Crippen LogP contribution in [0.5, 0.6) is 0 Å². The summed E-state index contributed by atoms with van der Waals surface area (Å²) in [5.41, 5.74) is -1.63. The zero-order valence-electron chi connectivity index (χ0n) is 8.95. The van der Waals surface area contributed by atoms with Crippen LogP contribution in [0.15, 0.2) is 18.2 Å². The van der Waals surface area contributed by atoms with E-state index in [1.54, 1.807) is 6.07 Å². The number of rotatable bonds is 3. The number of nitrogens with zero attached hydrogens (tertiary/aromatic N) is 1. The van der Waals surface area contributed by atoms with Gasteiger partial charge < -0.3 is 10.2 Å². The number of aliphatic hydroxyl groups is 2. The van der Waals surface area contributed by atoms with Crippen molar-refractivity contribution in [2.45, 2.75) is 24.8 Å². The molecule has 0 radical (unpaired) electrons. The van der Waals surface area contributed by atoms with Gasteiger partial charge in [-0.15, -0.1) is 0 Å². The third-order valence-electron chi connectivity index (χ3n) is 2.30. The summed E-state index contributed by atoms with van der Waals surface area (Å²) in [6.45, 7) is 0. The van der Waals surface area contributed by atoms with Crippen molar-refractivity contribution in [1.82, 2.24) is 0 Å². The lowest BCUT2D eigenvalue weighted by Gasteiger charge is -2.20. The summed E-state index contributed by atoms with van der Waals surface area (Å²) in [6.07, 6.45) is -8.55. The van der Waals surface area contributed by atoms with Crippen LogP contribution < -0.4 is 0 Å². The number of hydrogen-bond donors (Lipinski definition) is 2. The van der Waals surface area contributed by atoms with E-state index in [4.69, 9.17) is 16.9 Å². The van der Waals surface area contributed by atoms with E-state index in [9.17, 15) is 23.4 Å². The molecule has 0 saturated carbocycles. The lowest BCUT2D eigenvalue weighted by atomic mass is 9.97. The minimum atomic E-state index is -4.70. The molecular formula is C11H9ClF3NO2. The van der Waals surface area contributed by atoms with Crippen LogP contribution in [0.1, 0.15) is 23.7 Å². The number of halogens is 4. The van der Waals surface area contributed by atoms with E-state index >= 15 is 0 Å². The highest BCUT2D eigenvalue weighted by molar-refractivity contribution is 6.30. The quantitative estimate of drug-likeness (QED) is 0.894. The second-order valence-electron chi connectivity index (χ2n) is 3.60. The van der Waals surface area contributed by atoms with Crippen molar-refractivity contribution in [3.8, 4) is 6.07 Å². The molecule has 7 heteroatoms. The fraction of sp³-hybridized carbons (Fsp3) is 0.364. The average molecular weight is 280 g/mol. The highest BCUT2D eigenvalue weighted by Gasteiger charge is 2.36. The first kappa shape index (κ1) is 14.8. The standard InChI is InChI=1S/C11H9ClF3NO2/c12-6-1-2-7(8(5-6)11(13,14)15)10(18)9(17)3-4-16/h1-2,5,9-10,17-18H,3H2. The Morgan fingerprint density at radius 1 is 1.33 bits per heavy atom. The highest BCUT2D eigenvalue weighted by atomic mass is 35.5. The first-order valence-corrected chi connectivity index (χ1v) is 5.25. The molecule has 0 bridgehead atoms. The first-order chi connectivity index (χ1) is 8.27. The molecule has 1 aromatic rings. The molecule has 1 rings (SSSR count). The Labute approximate surface area is 106 Å². The van der Waals surface area contributed by atoms with Crippen LogP contribution >= 0.6 is 11.6 Å². The zero-order valence-corrected chi connectivity index (χ0v) is 9.70. The Hall–Kier alpha value is -1.29. The van der Waals surface area contributed by atoms with Crippen LogP contribution in [0.3, 0.4) is 0 Å². The molecule has 2 unspecified atom stereocenters. The van der Waals surface area contributed by atoms with Crippen molar-refractivity contribution in [3.63, 3.8) is 0 Å². The van der Waals surface area contributed by atoms with Gasteiger partial charge in [0.05, 0.1) is 24.2 Å². The number of benzene rings is 1. The average Bonchev–Trinajstić information content (AvgIpc) is 2.27. The third kappa shape index (κ3) is 3.35. The maximum absolute atomic E-state index is 12.7. The molecule has 0 aromatic heterocycles. The highest BCUT2D eigenvalue weighted by Crippen LogP contribution is 2.37. The van der Waals surface area contributed by atoms with E-state index in [0.29, 0.717) is 6.07 Å². The molecule has 0 aliphatic rings. The molecule has 0 fully saturated rings. The van der Waals surface area contributed by atoms with Gasteiger partial charge in [-0.25, -0.2) is 0 Å². The minimum absolute atomic E-state index is 0.131. The van der Waals surface area contributed by atoms with Crippen LogP contribution in [-0.4, -0.2) is 16.3 Å². The van der Waals surface area contributed by atoms with Crippen molar-refractivity contribution in [1.29, 1.82) is 5.26 Å². The second kappa shape index (κ2) is 5.57. The molecule has 0 heterocycles. The van der Waals surface area contributed by atoms with Gasteiger partial charge in [-0.3, -0.25) is 0 Å². The molecule has 0 spiro atoms. The van der Waals surface area contributed by atoms with E-state index in [2.05, 4.69) is 0 Å². The van der Waals surface area contributed by atoms with E-state index < -0.39 is 35.9 Å². The van der Waals surface area contributed by atoms with Gasteiger partial charge in [0.25, 0.3) is 0 Å². The van der Waals surface area contributed by atoms with E-state index in [1.807, 2.05) is 0 Å². The number of nitriles is 1. The Morgan fingerprint density at radius 2 is 1.94 bits per heavy atom. The molecule has 98 valence electrons. The van der Waals surface area contributed by atoms with Crippen LogP contribution in [-0.2, 0) is 6.18 Å². The topological polar surface area (TPSA) is 64.2 Å². The largest absolute Gasteiger partial charge is 0.416 e. The summed E-state index contributed by atoms with van der Waals surface area (Å²) in [7, 11) is 0. The minimum Gasteiger partial charge on any atom is -0.389 e. The van der Waals surface area contributed by atoms with Crippen molar-refractivity contribution in [2.75, 3.05) is 0 Å². The summed E-state index contributed by atoms with van der Waals surface area (Å²) in [5.74, 6) is 0. The smallest absolute Gasteiger partial charge is 0.389 e. The van der Waals surface area contributed by atoms with E-state index in [0.717, 1.165) is 6.07 Å². The van der Waals surface area contributed by atoms with E-state index in [-0.39, 0.29) is 5.02 Å². The molecule has 1 aromatic carbocycles. The van der Waals surface area contributed by atoms with Crippen LogP contribution in [0.2, 0.25) is 5.02 Å². The van der Waals surface area contributed by atoms with Crippen molar-refractivity contribution in [3.05, 3.63) is 34.3 Å². The normalized spacial score (nSPS) is 14.9. The lowest BCUT2D eigenvalue weighted by Crippen LogP contribution is -2.21. The lowest BCUT2D eigenvalue weighted by molar-refractivity contribution is -0.139. The summed E-state index contributed by atoms with van der Waals surface area (Å²) in [4.78, 5) is 0. The number of aliphatic hydroxyl groups excluding tert-OH is 2. The first-order valence-electron chi connectivity index (χ1n) is 4.87. The number of alkyl halides is 3. The van der Waals surface area contributed by atoms with Crippen LogP contribution in [0.4, 0.5) is 13.2 Å². The van der Waals surface area contributed by atoms with Gasteiger partial charge in [0.1, 0.15) is 6.10 Å². The molecule has 2 N–H and O–H groups in total. The Kier molecular flexibility index (Phi) is 4.57. The Balaban J connectivity index is 3.20. The predicted molar refractivity (Wildman–Crippen MR) is 57.7 cm³/mol. The molecule has 0 aliphatic heterocycles. The summed E-state index contributed by atoms with van der Waals surface area (Å²) in [6, 6.07) is 4.39. The maximum atomic E-state index is 12.7. The Bertz CT molecular complexity index is 470. The molecule has 3 nitrogen and oxygen atoms in total. The SMILES string of the molecule is N#CCC(O)C(O)c1ccc(Cl)cc1C(F)(F)F. The second-order valence-corrected chi connectivity index (χ2v) is 4.04. The van der Waals surface area contributed by atoms with E-state index in [1.165, 1.54) is 6.07 Å². The van der Waals surface area contributed by atoms with Gasteiger partial charge in [-0.1, -0.05) is 17.7 Å². The fourth-order valence-electron chi connectivity index (χ4n) is 1.44. The van der Waals surface area contributed by atoms with Gasteiger partial charge in [-0.05, 0) is 17.7 Å². The molecule has 0 amide bonds. The van der Waals surface area contributed by atoms with Crippen molar-refractivity contribution in [2.24, 2.45) is 0 Å². The molecule has 2 atom stereocenters. The number of hydrogen-bond acceptors (Lipinski definition) is 3. The molecule has 18 heavy (non-hydrogen) atoms. The van der Waals surface area contributed by atoms with Crippen molar-refractivity contribution >= 4 is 11.6 Å². The van der Waals surface area contributed by atoms with Crippen LogP contribution in [0.25, 0.3) is 0 Å². The van der Waals surface area contributed by atoms with Gasteiger partial charge in [0.2, 0.25) is 0 Å². The fourth-order valence-corrected chi connectivity index (χ4v) is 1.62. The van der Waals surface area contributed by atoms with Gasteiger partial charge in [-0.2, -0.15) is 18.4 Å². The Morgan fingerprint density at radius 3 is 2.44 bits per heavy atom. The van der Waals surface area contributed by atoms with Crippen LogP contribution in [0, 0.1) is 11.3 Å². The van der Waals surface area contributed by atoms with Crippen molar-refractivity contribution < 1.29 is 23.4 Å². The zero-order chi connectivity index (χ0) is 13.9. The van der Waals surface area contributed by atoms with Gasteiger partial charge in [0.15, 0.2) is 0 Å². The van der Waals surface area contributed by atoms with Gasteiger partial charge in [0, 0.05) is 5.02 Å². The van der Waals surface area contributed by atoms with Gasteiger partial charge >= 0.3 is 6.18 Å². The predicted octanol–water partition coefficient (Wildman–Crippen LogP) is 2.67. The third-order valence-corrected chi connectivity index (χ3v) is 2.54.